The van der Waals surface area contributed by atoms with Gasteiger partial charge in [0.2, 0.25) is 5.91 Å². The molecule has 3 atom stereocenters. The first-order valence-electron chi connectivity index (χ1n) is 6.34. The van der Waals surface area contributed by atoms with Crippen molar-refractivity contribution >= 4 is 5.91 Å². The van der Waals surface area contributed by atoms with Gasteiger partial charge in [-0.1, -0.05) is 30.3 Å². The molecule has 4 heteroatoms. The number of carbonyl (C=O) groups excluding carboxylic acids is 1. The minimum Gasteiger partial charge on any atom is -0.393 e. The smallest absolute Gasteiger partial charge is 0.236 e. The van der Waals surface area contributed by atoms with Crippen molar-refractivity contribution in [3.05, 3.63) is 35.9 Å². The second kappa shape index (κ2) is 5.50. The van der Waals surface area contributed by atoms with E-state index in [0.717, 1.165) is 0 Å². The van der Waals surface area contributed by atoms with Gasteiger partial charge in [-0.25, -0.2) is 0 Å². The molecule has 2 rings (SSSR count). The van der Waals surface area contributed by atoms with Gasteiger partial charge < -0.3 is 15.7 Å². The third-order valence-electron chi connectivity index (χ3n) is 3.74. The molecule has 0 bridgehead atoms. The molecule has 0 spiro atoms. The van der Waals surface area contributed by atoms with E-state index in [1.165, 1.54) is 5.56 Å². The minimum absolute atomic E-state index is 0.0358. The molecule has 1 heterocycles. The zero-order chi connectivity index (χ0) is 13.1. The van der Waals surface area contributed by atoms with E-state index in [-0.39, 0.29) is 24.3 Å². The van der Waals surface area contributed by atoms with Crippen LogP contribution >= 0.6 is 0 Å². The molecule has 0 aromatic heterocycles. The molecule has 98 valence electrons. The van der Waals surface area contributed by atoms with Crippen LogP contribution in [-0.2, 0) is 4.79 Å². The second-order valence-corrected chi connectivity index (χ2v) is 4.92. The fourth-order valence-electron chi connectivity index (χ4n) is 2.70. The molecule has 0 saturated carbocycles. The number of nitrogens with zero attached hydrogens (tertiary/aromatic N) is 1. The Labute approximate surface area is 107 Å². The summed E-state index contributed by atoms with van der Waals surface area (Å²) in [6, 6.07) is 10.1. The monoisotopic (exact) mass is 248 g/mol. The highest BCUT2D eigenvalue weighted by molar-refractivity contribution is 5.78. The maximum Gasteiger partial charge on any atom is 0.236 e. The molecule has 1 fully saturated rings. The molecule has 18 heavy (non-hydrogen) atoms. The van der Waals surface area contributed by atoms with Gasteiger partial charge in [-0.2, -0.15) is 0 Å². The van der Waals surface area contributed by atoms with Crippen molar-refractivity contribution in [1.29, 1.82) is 0 Å². The van der Waals surface area contributed by atoms with Crippen LogP contribution in [0.25, 0.3) is 0 Å². The number of rotatable bonds is 3. The van der Waals surface area contributed by atoms with Crippen molar-refractivity contribution < 1.29 is 9.90 Å². The minimum atomic E-state index is -0.425. The molecule has 0 unspecified atom stereocenters. The molecule has 1 aliphatic heterocycles. The number of aliphatic hydroxyl groups excluding tert-OH is 1. The van der Waals surface area contributed by atoms with Crippen LogP contribution in [0.1, 0.15) is 18.4 Å². The average Bonchev–Trinajstić information content (AvgIpc) is 2.84. The Morgan fingerprint density at radius 3 is 2.67 bits per heavy atom. The van der Waals surface area contributed by atoms with Gasteiger partial charge in [-0.15, -0.1) is 0 Å². The van der Waals surface area contributed by atoms with Crippen molar-refractivity contribution in [3.8, 4) is 0 Å². The Kier molecular flexibility index (Phi) is 3.99. The molecule has 1 aliphatic rings. The Balaban J connectivity index is 2.20. The molecule has 1 amide bonds. The molecule has 1 saturated heterocycles. The van der Waals surface area contributed by atoms with Crippen LogP contribution in [0.4, 0.5) is 0 Å². The summed E-state index contributed by atoms with van der Waals surface area (Å²) in [5.41, 5.74) is 6.58. The van der Waals surface area contributed by atoms with Gasteiger partial charge in [0.15, 0.2) is 0 Å². The zero-order valence-electron chi connectivity index (χ0n) is 10.6. The molecule has 4 nitrogen and oxygen atoms in total. The van der Waals surface area contributed by atoms with Gasteiger partial charge in [0.05, 0.1) is 12.6 Å². The third kappa shape index (κ3) is 2.54. The summed E-state index contributed by atoms with van der Waals surface area (Å²) in [5.74, 6) is 0.240. The molecular formula is C14H20N2O2. The van der Waals surface area contributed by atoms with E-state index < -0.39 is 6.10 Å². The molecular weight excluding hydrogens is 228 g/mol. The number of amides is 1. The first-order chi connectivity index (χ1) is 8.63. The quantitative estimate of drug-likeness (QED) is 0.821. The number of hydrogen-bond donors (Lipinski definition) is 2. The lowest BCUT2D eigenvalue weighted by atomic mass is 9.86. The van der Waals surface area contributed by atoms with Gasteiger partial charge in [-0.05, 0) is 12.5 Å². The fraction of sp³-hybridized carbons (Fsp3) is 0.500. The van der Waals surface area contributed by atoms with Gasteiger partial charge in [0, 0.05) is 24.9 Å². The molecule has 3 N–H and O–H groups in total. The van der Waals surface area contributed by atoms with Gasteiger partial charge in [0.1, 0.15) is 0 Å². The topological polar surface area (TPSA) is 66.6 Å². The summed E-state index contributed by atoms with van der Waals surface area (Å²) < 4.78 is 0. The van der Waals surface area contributed by atoms with E-state index in [2.05, 4.69) is 12.1 Å². The predicted octanol–water partition coefficient (Wildman–Crippen LogP) is 0.568. The highest BCUT2D eigenvalue weighted by Crippen LogP contribution is 2.34. The highest BCUT2D eigenvalue weighted by Gasteiger charge is 2.37. The van der Waals surface area contributed by atoms with Crippen molar-refractivity contribution in [1.82, 2.24) is 4.90 Å². The third-order valence-corrected chi connectivity index (χ3v) is 3.74. The van der Waals surface area contributed by atoms with Crippen LogP contribution < -0.4 is 5.73 Å². The van der Waals surface area contributed by atoms with Crippen LogP contribution in [0.2, 0.25) is 0 Å². The number of nitrogens with two attached hydrogens (primary N) is 1. The lowest BCUT2D eigenvalue weighted by Gasteiger charge is -2.20. The summed E-state index contributed by atoms with van der Waals surface area (Å²) in [6.45, 7) is 3.06. The summed E-state index contributed by atoms with van der Waals surface area (Å²) in [7, 11) is 0. The Morgan fingerprint density at radius 2 is 2.11 bits per heavy atom. The van der Waals surface area contributed by atoms with Crippen molar-refractivity contribution in [3.63, 3.8) is 0 Å². The van der Waals surface area contributed by atoms with E-state index in [0.29, 0.717) is 13.1 Å². The number of hydrogen-bond acceptors (Lipinski definition) is 3. The second-order valence-electron chi connectivity index (χ2n) is 4.92. The number of carbonyl (C=O) groups is 1. The Morgan fingerprint density at radius 1 is 1.44 bits per heavy atom. The number of benzene rings is 1. The van der Waals surface area contributed by atoms with Crippen molar-refractivity contribution in [2.24, 2.45) is 11.7 Å². The number of likely N-dealkylation sites (tertiary alicyclic amines) is 1. The molecule has 0 radical (unpaired) electrons. The van der Waals surface area contributed by atoms with Crippen molar-refractivity contribution in [2.45, 2.75) is 18.9 Å². The van der Waals surface area contributed by atoms with E-state index in [4.69, 9.17) is 5.73 Å². The first-order valence-corrected chi connectivity index (χ1v) is 6.34. The normalized spacial score (nSPS) is 25.2. The van der Waals surface area contributed by atoms with E-state index in [1.807, 2.05) is 18.2 Å². The summed E-state index contributed by atoms with van der Waals surface area (Å²) >= 11 is 0. The van der Waals surface area contributed by atoms with Crippen LogP contribution in [-0.4, -0.2) is 41.7 Å². The van der Waals surface area contributed by atoms with Gasteiger partial charge in [0.25, 0.3) is 0 Å². The molecule has 0 aliphatic carbocycles. The predicted molar refractivity (Wildman–Crippen MR) is 70.0 cm³/mol. The Bertz CT molecular complexity index is 406. The number of aliphatic hydroxyl groups is 1. The molecule has 1 aromatic rings. The van der Waals surface area contributed by atoms with Crippen molar-refractivity contribution in [2.75, 3.05) is 19.6 Å². The Hall–Kier alpha value is -1.39. The van der Waals surface area contributed by atoms with E-state index >= 15 is 0 Å². The summed E-state index contributed by atoms with van der Waals surface area (Å²) in [4.78, 5) is 13.4. The first kappa shape index (κ1) is 13.1. The van der Waals surface area contributed by atoms with Crippen LogP contribution in [0.3, 0.4) is 0 Å². The maximum absolute atomic E-state index is 11.7. The zero-order valence-corrected chi connectivity index (χ0v) is 10.6. The average molecular weight is 248 g/mol. The van der Waals surface area contributed by atoms with Crippen LogP contribution in [0, 0.1) is 5.92 Å². The maximum atomic E-state index is 11.7. The summed E-state index contributed by atoms with van der Waals surface area (Å²) in [6.07, 6.45) is -0.425. The lowest BCUT2D eigenvalue weighted by molar-refractivity contribution is -0.128. The largest absolute Gasteiger partial charge is 0.393 e. The van der Waals surface area contributed by atoms with E-state index in [1.54, 1.807) is 11.8 Å². The summed E-state index contributed by atoms with van der Waals surface area (Å²) in [5, 5.41) is 9.89. The lowest BCUT2D eigenvalue weighted by Crippen LogP contribution is -2.35. The fourth-order valence-corrected chi connectivity index (χ4v) is 2.70. The standard InChI is InChI=1S/C14H20N2O2/c1-10(17)12-8-16(14(18)7-15)9-13(12)11-5-3-2-4-6-11/h2-6,10,12-13,17H,7-9,15H2,1H3/t10-,12-,13-/m0/s1. The van der Waals surface area contributed by atoms with Gasteiger partial charge >= 0.3 is 0 Å². The van der Waals surface area contributed by atoms with E-state index in [9.17, 15) is 9.90 Å². The SMILES string of the molecule is C[C@H](O)[C@@H]1CN(C(=O)CN)C[C@H]1c1ccccc1. The van der Waals surface area contributed by atoms with Crippen LogP contribution in [0.15, 0.2) is 30.3 Å². The van der Waals surface area contributed by atoms with Gasteiger partial charge in [-0.3, -0.25) is 4.79 Å². The highest BCUT2D eigenvalue weighted by atomic mass is 16.3. The van der Waals surface area contributed by atoms with Crippen LogP contribution in [0.5, 0.6) is 0 Å². The molecule has 1 aromatic carbocycles.